The monoisotopic (exact) mass is 540 g/mol. The van der Waals surface area contributed by atoms with E-state index in [1.54, 1.807) is 7.11 Å². The van der Waals surface area contributed by atoms with E-state index >= 15 is 0 Å². The molecule has 1 aliphatic heterocycles. The summed E-state index contributed by atoms with van der Waals surface area (Å²) in [5.41, 5.74) is 4.98. The number of ether oxygens (including phenoxy) is 1. The van der Waals surface area contributed by atoms with Gasteiger partial charge in [-0.25, -0.2) is 9.97 Å². The summed E-state index contributed by atoms with van der Waals surface area (Å²) in [6.45, 7) is 7.67. The van der Waals surface area contributed by atoms with Gasteiger partial charge in [-0.1, -0.05) is 19.1 Å². The molecule has 2 aromatic carbocycles. The van der Waals surface area contributed by atoms with Gasteiger partial charge in [-0.15, -0.1) is 0 Å². The van der Waals surface area contributed by atoms with Crippen molar-refractivity contribution in [3.8, 4) is 17.0 Å². The van der Waals surface area contributed by atoms with Crippen molar-refractivity contribution in [1.29, 1.82) is 0 Å². The fraction of sp³-hybridized carbons (Fsp3) is 0.333. The first-order valence-electron chi connectivity index (χ1n) is 13.6. The molecule has 0 saturated carbocycles. The third-order valence-corrected chi connectivity index (χ3v) is 7.34. The molecule has 0 spiro atoms. The molecule has 0 radical (unpaired) electrons. The van der Waals surface area contributed by atoms with E-state index in [9.17, 15) is 4.79 Å². The number of nitrogens with one attached hydrogen (secondary N) is 2. The van der Waals surface area contributed by atoms with Crippen LogP contribution in [0.1, 0.15) is 19.3 Å². The standard InChI is InChI=1S/C30H36N8O2/c1-5-30(39)35-24-16-25(28(40-4)18-27(24)36(2)13-14-38-11-7-6-8-12-38)34-29-17-23(31-20-32-29)21-9-10-26-22(15-21)19-33-37(26)3/h5,9-10,15-20H,1,6-8,11-14H2,2-4H3,(H,35,39)(H,31,32,34). The molecule has 2 aromatic heterocycles. The lowest BCUT2D eigenvalue weighted by Crippen LogP contribution is -2.36. The second kappa shape index (κ2) is 12.2. The molecule has 0 atom stereocenters. The van der Waals surface area contributed by atoms with Crippen molar-refractivity contribution in [2.24, 2.45) is 7.05 Å². The Morgan fingerprint density at radius 3 is 2.73 bits per heavy atom. The second-order valence-electron chi connectivity index (χ2n) is 10.0. The number of hydrogen-bond acceptors (Lipinski definition) is 8. The summed E-state index contributed by atoms with van der Waals surface area (Å²) in [5.74, 6) is 0.951. The van der Waals surface area contributed by atoms with Crippen LogP contribution in [0.4, 0.5) is 22.9 Å². The lowest BCUT2D eigenvalue weighted by molar-refractivity contribution is -0.111. The van der Waals surface area contributed by atoms with Crippen LogP contribution in [0.3, 0.4) is 0 Å². The lowest BCUT2D eigenvalue weighted by atomic mass is 10.1. The van der Waals surface area contributed by atoms with Gasteiger partial charge in [0, 0.05) is 50.3 Å². The molecule has 2 N–H and O–H groups in total. The molecule has 4 aromatic rings. The van der Waals surface area contributed by atoms with E-state index in [1.807, 2.05) is 55.3 Å². The Morgan fingerprint density at radius 2 is 1.95 bits per heavy atom. The number of benzene rings is 2. The first kappa shape index (κ1) is 27.1. The molecule has 1 saturated heterocycles. The van der Waals surface area contributed by atoms with E-state index in [2.05, 4.69) is 48.1 Å². The van der Waals surface area contributed by atoms with Crippen LogP contribution in [0.5, 0.6) is 5.75 Å². The van der Waals surface area contributed by atoms with Crippen molar-refractivity contribution < 1.29 is 9.53 Å². The van der Waals surface area contributed by atoms with Crippen LogP contribution in [-0.4, -0.2) is 70.9 Å². The molecule has 5 rings (SSSR count). The Kier molecular flexibility index (Phi) is 8.26. The van der Waals surface area contributed by atoms with Gasteiger partial charge in [0.05, 0.1) is 41.6 Å². The normalized spacial score (nSPS) is 13.7. The fourth-order valence-corrected chi connectivity index (χ4v) is 5.07. The number of hydrogen-bond donors (Lipinski definition) is 2. The van der Waals surface area contributed by atoms with Gasteiger partial charge in [0.15, 0.2) is 0 Å². The predicted octanol–water partition coefficient (Wildman–Crippen LogP) is 4.83. The molecule has 1 aliphatic rings. The van der Waals surface area contributed by atoms with Crippen LogP contribution in [0.25, 0.3) is 22.2 Å². The zero-order valence-electron chi connectivity index (χ0n) is 23.4. The van der Waals surface area contributed by atoms with Gasteiger partial charge in [0.1, 0.15) is 17.9 Å². The van der Waals surface area contributed by atoms with E-state index in [1.165, 1.54) is 31.7 Å². The Balaban J connectivity index is 1.41. The SMILES string of the molecule is C=CC(=O)Nc1cc(Nc2cc(-c3ccc4c(cnn4C)c3)ncn2)c(OC)cc1N(C)CCN1CCCCC1. The molecule has 1 amide bonds. The summed E-state index contributed by atoms with van der Waals surface area (Å²) in [4.78, 5) is 25.9. The maximum atomic E-state index is 12.3. The summed E-state index contributed by atoms with van der Waals surface area (Å²) in [7, 11) is 5.59. The molecule has 10 nitrogen and oxygen atoms in total. The molecular weight excluding hydrogens is 504 g/mol. The number of aryl methyl sites for hydroxylation is 1. The Labute approximate surface area is 234 Å². The highest BCUT2D eigenvalue weighted by molar-refractivity contribution is 6.02. The van der Waals surface area contributed by atoms with Gasteiger partial charge >= 0.3 is 0 Å². The zero-order valence-corrected chi connectivity index (χ0v) is 23.4. The van der Waals surface area contributed by atoms with Gasteiger partial charge in [-0.2, -0.15) is 5.10 Å². The van der Waals surface area contributed by atoms with E-state index in [0.29, 0.717) is 22.9 Å². The van der Waals surface area contributed by atoms with Crippen molar-refractivity contribution in [3.05, 3.63) is 61.6 Å². The number of piperidine rings is 1. The highest BCUT2D eigenvalue weighted by Gasteiger charge is 2.18. The minimum atomic E-state index is -0.281. The highest BCUT2D eigenvalue weighted by atomic mass is 16.5. The Hall–Kier alpha value is -4.44. The van der Waals surface area contributed by atoms with Crippen LogP contribution < -0.4 is 20.3 Å². The topological polar surface area (TPSA) is 100 Å². The van der Waals surface area contributed by atoms with Crippen molar-refractivity contribution in [1.82, 2.24) is 24.6 Å². The maximum Gasteiger partial charge on any atom is 0.247 e. The van der Waals surface area contributed by atoms with E-state index in [4.69, 9.17) is 4.74 Å². The Bertz CT molecular complexity index is 1510. The van der Waals surface area contributed by atoms with Gasteiger partial charge in [0.2, 0.25) is 5.91 Å². The van der Waals surface area contributed by atoms with Crippen LogP contribution >= 0.6 is 0 Å². The quantitative estimate of drug-likeness (QED) is 0.276. The summed E-state index contributed by atoms with van der Waals surface area (Å²) < 4.78 is 7.61. The van der Waals surface area contributed by atoms with E-state index < -0.39 is 0 Å². The first-order valence-corrected chi connectivity index (χ1v) is 13.6. The number of nitrogens with zero attached hydrogens (tertiary/aromatic N) is 6. The first-order chi connectivity index (χ1) is 19.4. The minimum absolute atomic E-state index is 0.281. The summed E-state index contributed by atoms with van der Waals surface area (Å²) in [6, 6.07) is 11.8. The van der Waals surface area contributed by atoms with Crippen molar-refractivity contribution in [2.45, 2.75) is 19.3 Å². The average molecular weight is 541 g/mol. The second-order valence-corrected chi connectivity index (χ2v) is 10.0. The van der Waals surface area contributed by atoms with Crippen LogP contribution in [0.2, 0.25) is 0 Å². The number of likely N-dealkylation sites (N-methyl/N-ethyl adjacent to an activating group) is 1. The number of fused-ring (bicyclic) bond motifs is 1. The summed E-state index contributed by atoms with van der Waals surface area (Å²) >= 11 is 0. The number of likely N-dealkylation sites (tertiary alicyclic amines) is 1. The molecule has 0 unspecified atom stereocenters. The summed E-state index contributed by atoms with van der Waals surface area (Å²) in [5, 5.41) is 11.7. The molecule has 1 fully saturated rings. The molecule has 10 heteroatoms. The van der Waals surface area contributed by atoms with Gasteiger partial charge in [-0.05, 0) is 50.2 Å². The number of rotatable bonds is 10. The molecule has 3 heterocycles. The third-order valence-electron chi connectivity index (χ3n) is 7.34. The highest BCUT2D eigenvalue weighted by Crippen LogP contribution is 2.38. The number of amides is 1. The van der Waals surface area contributed by atoms with Gasteiger partial charge < -0.3 is 25.2 Å². The molecule has 0 aliphatic carbocycles. The largest absolute Gasteiger partial charge is 0.494 e. The number of carbonyl (C=O) groups excluding carboxylic acids is 1. The number of methoxy groups -OCH3 is 1. The molecule has 0 bridgehead atoms. The minimum Gasteiger partial charge on any atom is -0.494 e. The maximum absolute atomic E-state index is 12.3. The number of anilines is 4. The number of aromatic nitrogens is 4. The molecular formula is C30H36N8O2. The van der Waals surface area contributed by atoms with E-state index in [0.717, 1.165) is 54.0 Å². The Morgan fingerprint density at radius 1 is 1.12 bits per heavy atom. The van der Waals surface area contributed by atoms with Crippen molar-refractivity contribution in [2.75, 3.05) is 55.9 Å². The van der Waals surface area contributed by atoms with Gasteiger partial charge in [0.25, 0.3) is 0 Å². The van der Waals surface area contributed by atoms with Crippen LogP contribution in [-0.2, 0) is 11.8 Å². The van der Waals surface area contributed by atoms with Gasteiger partial charge in [-0.3, -0.25) is 9.48 Å². The lowest BCUT2D eigenvalue weighted by Gasteiger charge is -2.30. The predicted molar refractivity (Wildman–Crippen MR) is 160 cm³/mol. The van der Waals surface area contributed by atoms with Crippen LogP contribution in [0, 0.1) is 0 Å². The van der Waals surface area contributed by atoms with Crippen LogP contribution in [0.15, 0.2) is 61.6 Å². The fourth-order valence-electron chi connectivity index (χ4n) is 5.07. The number of carbonyl (C=O) groups is 1. The third kappa shape index (κ3) is 6.07. The molecule has 208 valence electrons. The van der Waals surface area contributed by atoms with E-state index in [-0.39, 0.29) is 5.91 Å². The van der Waals surface area contributed by atoms with Crippen molar-refractivity contribution in [3.63, 3.8) is 0 Å². The molecule has 40 heavy (non-hydrogen) atoms. The zero-order chi connectivity index (χ0) is 28.1. The van der Waals surface area contributed by atoms with Crippen molar-refractivity contribution >= 4 is 39.7 Å². The average Bonchev–Trinajstić information content (AvgIpc) is 3.36. The smallest absolute Gasteiger partial charge is 0.247 e. The summed E-state index contributed by atoms with van der Waals surface area (Å²) in [6.07, 6.45) is 8.45.